The van der Waals surface area contributed by atoms with Gasteiger partial charge in [0.2, 0.25) is 0 Å². The van der Waals surface area contributed by atoms with Gasteiger partial charge in [-0.1, -0.05) is 17.5 Å². The molecule has 0 spiro atoms. The topological polar surface area (TPSA) is 26.3 Å². The monoisotopic (exact) mass is 222 g/mol. The summed E-state index contributed by atoms with van der Waals surface area (Å²) in [6.45, 7) is 1.70. The molecule has 0 aliphatic carbocycles. The van der Waals surface area contributed by atoms with Crippen LogP contribution in [0.1, 0.15) is 23.7 Å². The van der Waals surface area contributed by atoms with E-state index >= 15 is 0 Å². The normalized spacial score (nSPS) is 9.00. The summed E-state index contributed by atoms with van der Waals surface area (Å²) in [6, 6.07) is 4.96. The van der Waals surface area contributed by atoms with E-state index in [2.05, 4.69) is 11.8 Å². The summed E-state index contributed by atoms with van der Waals surface area (Å²) in [5.74, 6) is 5.84. The van der Waals surface area contributed by atoms with Gasteiger partial charge in [0.15, 0.2) is 5.78 Å². The van der Waals surface area contributed by atoms with Crippen LogP contribution in [0.3, 0.4) is 0 Å². The fraction of sp³-hybridized carbons (Fsp3) is 0.250. The quantitative estimate of drug-likeness (QED) is 0.581. The number of Topliss-reactive ketones (excluding diaryl/α,β-unsaturated/α-hetero) is 1. The Hall–Kier alpha value is -1.46. The van der Waals surface area contributed by atoms with Gasteiger partial charge in [0, 0.05) is 5.02 Å². The highest BCUT2D eigenvalue weighted by molar-refractivity contribution is 6.31. The van der Waals surface area contributed by atoms with Crippen molar-refractivity contribution in [1.29, 1.82) is 0 Å². The number of rotatable bonds is 3. The molecular formula is C12H11ClO2. The van der Waals surface area contributed by atoms with Crippen LogP contribution in [0.25, 0.3) is 0 Å². The Bertz CT molecular complexity index is 427. The number of methoxy groups -OCH3 is 1. The van der Waals surface area contributed by atoms with Crippen molar-refractivity contribution in [3.8, 4) is 17.6 Å². The summed E-state index contributed by atoms with van der Waals surface area (Å²) in [4.78, 5) is 11.7. The van der Waals surface area contributed by atoms with Crippen LogP contribution in [0.4, 0.5) is 0 Å². The van der Waals surface area contributed by atoms with Crippen molar-refractivity contribution >= 4 is 17.4 Å². The van der Waals surface area contributed by atoms with Gasteiger partial charge in [0.05, 0.1) is 19.1 Å². The molecule has 2 nitrogen and oxygen atoms in total. The van der Waals surface area contributed by atoms with Crippen LogP contribution in [0.2, 0.25) is 5.02 Å². The molecule has 1 rings (SSSR count). The molecule has 0 radical (unpaired) electrons. The van der Waals surface area contributed by atoms with Crippen molar-refractivity contribution in [2.24, 2.45) is 0 Å². The fourth-order valence-electron chi connectivity index (χ4n) is 1.16. The van der Waals surface area contributed by atoms with Crippen molar-refractivity contribution in [2.45, 2.75) is 13.3 Å². The SMILES string of the molecule is CC#CCC(=O)c1cc(Cl)ccc1OC. The van der Waals surface area contributed by atoms with E-state index in [0.29, 0.717) is 16.3 Å². The molecular weight excluding hydrogens is 212 g/mol. The molecule has 1 aromatic carbocycles. The zero-order chi connectivity index (χ0) is 11.3. The van der Waals surface area contributed by atoms with Crippen LogP contribution < -0.4 is 4.74 Å². The Morgan fingerprint density at radius 1 is 1.53 bits per heavy atom. The lowest BCUT2D eigenvalue weighted by Crippen LogP contribution is -2.01. The van der Waals surface area contributed by atoms with Gasteiger partial charge in [-0.05, 0) is 25.1 Å². The first-order valence-electron chi connectivity index (χ1n) is 4.45. The van der Waals surface area contributed by atoms with E-state index in [4.69, 9.17) is 16.3 Å². The van der Waals surface area contributed by atoms with Gasteiger partial charge in [-0.2, -0.15) is 0 Å². The van der Waals surface area contributed by atoms with E-state index in [1.807, 2.05) is 0 Å². The number of carbonyl (C=O) groups excluding carboxylic acids is 1. The van der Waals surface area contributed by atoms with E-state index < -0.39 is 0 Å². The Labute approximate surface area is 94.2 Å². The number of ketones is 1. The molecule has 78 valence electrons. The lowest BCUT2D eigenvalue weighted by molar-refractivity contribution is 0.0995. The Morgan fingerprint density at radius 3 is 2.87 bits per heavy atom. The minimum Gasteiger partial charge on any atom is -0.496 e. The molecule has 0 heterocycles. The van der Waals surface area contributed by atoms with Gasteiger partial charge in [-0.15, -0.1) is 5.92 Å². The van der Waals surface area contributed by atoms with Crippen LogP contribution in [0, 0.1) is 11.8 Å². The summed E-state index contributed by atoms with van der Waals surface area (Å²) in [7, 11) is 1.52. The number of benzene rings is 1. The second kappa shape index (κ2) is 5.43. The Morgan fingerprint density at radius 2 is 2.27 bits per heavy atom. The molecule has 0 unspecified atom stereocenters. The van der Waals surface area contributed by atoms with Crippen molar-refractivity contribution in [3.05, 3.63) is 28.8 Å². The lowest BCUT2D eigenvalue weighted by atomic mass is 10.1. The Kier molecular flexibility index (Phi) is 4.20. The van der Waals surface area contributed by atoms with E-state index in [-0.39, 0.29) is 12.2 Å². The van der Waals surface area contributed by atoms with E-state index in [9.17, 15) is 4.79 Å². The summed E-state index contributed by atoms with van der Waals surface area (Å²) in [5.41, 5.74) is 0.479. The van der Waals surface area contributed by atoms with Crippen LogP contribution in [0.5, 0.6) is 5.75 Å². The van der Waals surface area contributed by atoms with Gasteiger partial charge >= 0.3 is 0 Å². The standard InChI is InChI=1S/C12H11ClO2/c1-3-4-5-11(14)10-8-9(13)6-7-12(10)15-2/h6-8H,5H2,1-2H3. The molecule has 1 aromatic rings. The van der Waals surface area contributed by atoms with Crippen LogP contribution in [0.15, 0.2) is 18.2 Å². The van der Waals surface area contributed by atoms with E-state index in [1.165, 1.54) is 7.11 Å². The lowest BCUT2D eigenvalue weighted by Gasteiger charge is -2.06. The smallest absolute Gasteiger partial charge is 0.178 e. The minimum absolute atomic E-state index is 0.0799. The molecule has 0 amide bonds. The Balaban J connectivity index is 3.03. The van der Waals surface area contributed by atoms with Crippen molar-refractivity contribution in [2.75, 3.05) is 7.11 Å². The molecule has 3 heteroatoms. The van der Waals surface area contributed by atoms with Crippen molar-refractivity contribution < 1.29 is 9.53 Å². The average Bonchev–Trinajstić information content (AvgIpc) is 2.25. The number of halogens is 1. The fourth-order valence-corrected chi connectivity index (χ4v) is 1.33. The predicted octanol–water partition coefficient (Wildman–Crippen LogP) is 2.94. The van der Waals surface area contributed by atoms with Gasteiger partial charge in [-0.25, -0.2) is 0 Å². The van der Waals surface area contributed by atoms with E-state index in [0.717, 1.165) is 0 Å². The number of carbonyl (C=O) groups is 1. The van der Waals surface area contributed by atoms with Gasteiger partial charge in [-0.3, -0.25) is 4.79 Å². The third-order valence-corrected chi connectivity index (χ3v) is 2.12. The van der Waals surface area contributed by atoms with Gasteiger partial charge in [0.1, 0.15) is 5.75 Å². The second-order valence-electron chi connectivity index (χ2n) is 2.87. The molecule has 0 aliphatic rings. The maximum Gasteiger partial charge on any atom is 0.178 e. The third kappa shape index (κ3) is 3.00. The van der Waals surface area contributed by atoms with E-state index in [1.54, 1.807) is 25.1 Å². The van der Waals surface area contributed by atoms with Crippen molar-refractivity contribution in [1.82, 2.24) is 0 Å². The van der Waals surface area contributed by atoms with Crippen LogP contribution in [-0.4, -0.2) is 12.9 Å². The highest BCUT2D eigenvalue weighted by Gasteiger charge is 2.11. The summed E-state index contributed by atoms with van der Waals surface area (Å²) in [6.07, 6.45) is 0.188. The van der Waals surface area contributed by atoms with Crippen LogP contribution in [-0.2, 0) is 0 Å². The predicted molar refractivity (Wildman–Crippen MR) is 60.4 cm³/mol. The summed E-state index contributed by atoms with van der Waals surface area (Å²) in [5, 5.41) is 0.517. The minimum atomic E-state index is -0.0799. The first-order valence-corrected chi connectivity index (χ1v) is 4.83. The molecule has 0 fully saturated rings. The number of hydrogen-bond donors (Lipinski definition) is 0. The first kappa shape index (κ1) is 11.6. The zero-order valence-corrected chi connectivity index (χ0v) is 9.39. The average molecular weight is 223 g/mol. The molecule has 0 aromatic heterocycles. The summed E-state index contributed by atoms with van der Waals surface area (Å²) >= 11 is 5.81. The largest absolute Gasteiger partial charge is 0.496 e. The number of ether oxygens (including phenoxy) is 1. The molecule has 15 heavy (non-hydrogen) atoms. The second-order valence-corrected chi connectivity index (χ2v) is 3.31. The van der Waals surface area contributed by atoms with Gasteiger partial charge in [0.25, 0.3) is 0 Å². The molecule has 0 saturated carbocycles. The first-order chi connectivity index (χ1) is 7.19. The summed E-state index contributed by atoms with van der Waals surface area (Å²) < 4.78 is 5.07. The highest BCUT2D eigenvalue weighted by atomic mass is 35.5. The number of hydrogen-bond acceptors (Lipinski definition) is 2. The zero-order valence-electron chi connectivity index (χ0n) is 8.63. The highest BCUT2D eigenvalue weighted by Crippen LogP contribution is 2.23. The molecule has 0 aliphatic heterocycles. The third-order valence-electron chi connectivity index (χ3n) is 1.89. The molecule has 0 bridgehead atoms. The molecule has 0 N–H and O–H groups in total. The molecule has 0 atom stereocenters. The maximum atomic E-state index is 11.7. The van der Waals surface area contributed by atoms with Crippen LogP contribution >= 0.6 is 11.6 Å². The maximum absolute atomic E-state index is 11.7. The van der Waals surface area contributed by atoms with Crippen molar-refractivity contribution in [3.63, 3.8) is 0 Å². The molecule has 0 saturated heterocycles. The van der Waals surface area contributed by atoms with Gasteiger partial charge < -0.3 is 4.74 Å².